The van der Waals surface area contributed by atoms with Crippen LogP contribution in [0.3, 0.4) is 0 Å². The van der Waals surface area contributed by atoms with Gasteiger partial charge in [0.25, 0.3) is 0 Å². The van der Waals surface area contributed by atoms with Crippen molar-refractivity contribution < 1.29 is 14.6 Å². The van der Waals surface area contributed by atoms with Crippen molar-refractivity contribution >= 4 is 11.6 Å². The van der Waals surface area contributed by atoms with Crippen LogP contribution in [0, 0.1) is 13.8 Å². The number of carbonyl (C=O) groups is 1. The first-order valence-corrected chi connectivity index (χ1v) is 10.6. The van der Waals surface area contributed by atoms with Crippen LogP contribution in [0.25, 0.3) is 28.2 Å². The lowest BCUT2D eigenvalue weighted by atomic mass is 9.98. The molecule has 0 bridgehead atoms. The van der Waals surface area contributed by atoms with E-state index in [2.05, 4.69) is 0 Å². The van der Waals surface area contributed by atoms with Crippen LogP contribution in [-0.4, -0.2) is 31.3 Å². The lowest BCUT2D eigenvalue weighted by Gasteiger charge is -2.27. The number of hydrogen-bond acceptors (Lipinski definition) is 4. The zero-order valence-electron chi connectivity index (χ0n) is 19.0. The Labute approximate surface area is 187 Å². The summed E-state index contributed by atoms with van der Waals surface area (Å²) in [6, 6.07) is 19.7. The Morgan fingerprint density at radius 3 is 2.25 bits per heavy atom. The highest BCUT2D eigenvalue weighted by atomic mass is 16.5. The molecule has 1 unspecified atom stereocenters. The van der Waals surface area contributed by atoms with Gasteiger partial charge in [-0.25, -0.2) is 14.3 Å². The highest BCUT2D eigenvalue weighted by molar-refractivity contribution is 5.81. The molecule has 4 rings (SSSR count). The maximum absolute atomic E-state index is 12.3. The molecular weight excluding hydrogens is 402 g/mol. The van der Waals surface area contributed by atoms with Gasteiger partial charge >= 0.3 is 5.97 Å². The molecule has 0 amide bonds. The van der Waals surface area contributed by atoms with E-state index in [1.807, 2.05) is 95.3 Å². The predicted octanol–water partition coefficient (Wildman–Crippen LogP) is 5.62. The number of rotatable bonds is 5. The standard InChI is InChI=1S/C26H27N3O3/c1-16-11-13-19(14-12-16)23-22(24(25(30)31)32-26(3,4)5)17(2)27-21-15-20(28-29(21)23)18-9-7-6-8-10-18/h6-15,24H,1-5H3,(H,30,31). The van der Waals surface area contributed by atoms with Crippen molar-refractivity contribution in [1.29, 1.82) is 0 Å². The smallest absolute Gasteiger partial charge is 0.337 e. The molecule has 0 aliphatic heterocycles. The lowest BCUT2D eigenvalue weighted by Crippen LogP contribution is -2.29. The first-order chi connectivity index (χ1) is 15.1. The molecule has 32 heavy (non-hydrogen) atoms. The van der Waals surface area contributed by atoms with Crippen LogP contribution in [0.5, 0.6) is 0 Å². The summed E-state index contributed by atoms with van der Waals surface area (Å²) >= 11 is 0. The Morgan fingerprint density at radius 1 is 1.00 bits per heavy atom. The van der Waals surface area contributed by atoms with Crippen LogP contribution < -0.4 is 0 Å². The second-order valence-corrected chi connectivity index (χ2v) is 8.94. The number of aromatic nitrogens is 3. The van der Waals surface area contributed by atoms with Gasteiger partial charge < -0.3 is 9.84 Å². The first kappa shape index (κ1) is 21.7. The molecule has 1 atom stereocenters. The summed E-state index contributed by atoms with van der Waals surface area (Å²) in [5.74, 6) is -1.06. The van der Waals surface area contributed by atoms with Gasteiger partial charge in [-0.05, 0) is 34.6 Å². The molecule has 4 aromatic rings. The molecule has 1 N–H and O–H groups in total. The van der Waals surface area contributed by atoms with Crippen LogP contribution in [0.4, 0.5) is 0 Å². The van der Waals surface area contributed by atoms with Gasteiger partial charge in [0.2, 0.25) is 0 Å². The minimum atomic E-state index is -1.19. The third-order valence-electron chi connectivity index (χ3n) is 5.18. The molecule has 0 fully saturated rings. The minimum Gasteiger partial charge on any atom is -0.479 e. The second kappa shape index (κ2) is 8.20. The number of nitrogens with zero attached hydrogens (tertiary/aromatic N) is 3. The average molecular weight is 430 g/mol. The largest absolute Gasteiger partial charge is 0.479 e. The zero-order chi connectivity index (χ0) is 23.0. The van der Waals surface area contributed by atoms with E-state index in [4.69, 9.17) is 14.8 Å². The Kier molecular flexibility index (Phi) is 5.57. The van der Waals surface area contributed by atoms with E-state index in [1.165, 1.54) is 0 Å². The second-order valence-electron chi connectivity index (χ2n) is 8.94. The van der Waals surface area contributed by atoms with Crippen molar-refractivity contribution in [1.82, 2.24) is 14.6 Å². The number of fused-ring (bicyclic) bond motifs is 1. The van der Waals surface area contributed by atoms with Crippen molar-refractivity contribution in [3.8, 4) is 22.5 Å². The molecule has 164 valence electrons. The molecular formula is C26H27N3O3. The molecule has 0 spiro atoms. The van der Waals surface area contributed by atoms with Gasteiger partial charge in [-0.2, -0.15) is 5.10 Å². The summed E-state index contributed by atoms with van der Waals surface area (Å²) in [5, 5.41) is 14.9. The average Bonchev–Trinajstić information content (AvgIpc) is 3.15. The monoisotopic (exact) mass is 429 g/mol. The number of ether oxygens (including phenoxy) is 1. The van der Waals surface area contributed by atoms with Gasteiger partial charge in [-0.15, -0.1) is 0 Å². The molecule has 0 aliphatic rings. The normalized spacial score (nSPS) is 12.8. The van der Waals surface area contributed by atoms with Crippen molar-refractivity contribution in [3.63, 3.8) is 0 Å². The quantitative estimate of drug-likeness (QED) is 0.445. The maximum Gasteiger partial charge on any atom is 0.337 e. The van der Waals surface area contributed by atoms with Crippen molar-refractivity contribution in [2.45, 2.75) is 46.3 Å². The number of carboxylic acid groups (broad SMARTS) is 1. The number of benzene rings is 2. The van der Waals surface area contributed by atoms with Crippen LogP contribution in [0.1, 0.15) is 43.7 Å². The van der Waals surface area contributed by atoms with E-state index < -0.39 is 17.7 Å². The van der Waals surface area contributed by atoms with E-state index in [0.29, 0.717) is 22.6 Å². The number of aliphatic carboxylic acids is 1. The molecule has 0 saturated heterocycles. The van der Waals surface area contributed by atoms with Crippen LogP contribution in [0.2, 0.25) is 0 Å². The van der Waals surface area contributed by atoms with Crippen LogP contribution in [0.15, 0.2) is 60.7 Å². The summed E-state index contributed by atoms with van der Waals surface area (Å²) in [5.41, 5.74) is 5.48. The van der Waals surface area contributed by atoms with Gasteiger partial charge in [0.05, 0.1) is 17.0 Å². The molecule has 2 aromatic carbocycles. The molecule has 0 aliphatic carbocycles. The van der Waals surface area contributed by atoms with Gasteiger partial charge in [-0.1, -0.05) is 60.2 Å². The molecule has 0 saturated carbocycles. The van der Waals surface area contributed by atoms with E-state index in [0.717, 1.165) is 22.4 Å². The topological polar surface area (TPSA) is 76.7 Å². The SMILES string of the molecule is Cc1ccc(-c2c(C(OC(C)(C)C)C(=O)O)c(C)nc3cc(-c4ccccc4)nn23)cc1. The summed E-state index contributed by atoms with van der Waals surface area (Å²) in [6.45, 7) is 9.37. The van der Waals surface area contributed by atoms with E-state index in [1.54, 1.807) is 4.52 Å². The summed E-state index contributed by atoms with van der Waals surface area (Å²) in [6.07, 6.45) is -1.19. The Morgan fingerprint density at radius 2 is 1.66 bits per heavy atom. The Hall–Kier alpha value is -3.51. The van der Waals surface area contributed by atoms with Crippen molar-refractivity contribution in [2.24, 2.45) is 0 Å². The van der Waals surface area contributed by atoms with Crippen molar-refractivity contribution in [2.75, 3.05) is 0 Å². The molecule has 2 aromatic heterocycles. The van der Waals surface area contributed by atoms with Gasteiger partial charge in [0.15, 0.2) is 11.8 Å². The highest BCUT2D eigenvalue weighted by Crippen LogP contribution is 2.36. The Bertz CT molecular complexity index is 1270. The van der Waals surface area contributed by atoms with Gasteiger partial charge in [0, 0.05) is 28.5 Å². The maximum atomic E-state index is 12.3. The lowest BCUT2D eigenvalue weighted by molar-refractivity contribution is -0.160. The summed E-state index contributed by atoms with van der Waals surface area (Å²) < 4.78 is 7.75. The van der Waals surface area contributed by atoms with E-state index >= 15 is 0 Å². The van der Waals surface area contributed by atoms with E-state index in [-0.39, 0.29) is 0 Å². The van der Waals surface area contributed by atoms with Gasteiger partial charge in [0.1, 0.15) is 0 Å². The number of carboxylic acids is 1. The van der Waals surface area contributed by atoms with E-state index in [9.17, 15) is 9.90 Å². The highest BCUT2D eigenvalue weighted by Gasteiger charge is 2.33. The molecule has 0 radical (unpaired) electrons. The fourth-order valence-corrected chi connectivity index (χ4v) is 3.77. The first-order valence-electron chi connectivity index (χ1n) is 10.6. The number of aryl methyl sites for hydroxylation is 2. The minimum absolute atomic E-state index is 0.506. The fraction of sp³-hybridized carbons (Fsp3) is 0.269. The predicted molar refractivity (Wildman–Crippen MR) is 125 cm³/mol. The third kappa shape index (κ3) is 4.27. The van der Waals surface area contributed by atoms with Crippen LogP contribution >= 0.6 is 0 Å². The van der Waals surface area contributed by atoms with Crippen LogP contribution in [-0.2, 0) is 9.53 Å². The fourth-order valence-electron chi connectivity index (χ4n) is 3.77. The number of hydrogen-bond donors (Lipinski definition) is 1. The molecule has 6 heteroatoms. The molecule has 2 heterocycles. The summed E-state index contributed by atoms with van der Waals surface area (Å²) in [7, 11) is 0. The third-order valence-corrected chi connectivity index (χ3v) is 5.18. The molecule has 6 nitrogen and oxygen atoms in total. The Balaban J connectivity index is 2.04. The zero-order valence-corrected chi connectivity index (χ0v) is 19.0. The summed E-state index contributed by atoms with van der Waals surface area (Å²) in [4.78, 5) is 17.1. The van der Waals surface area contributed by atoms with Gasteiger partial charge in [-0.3, -0.25) is 0 Å². The van der Waals surface area contributed by atoms with Crippen molar-refractivity contribution in [3.05, 3.63) is 77.5 Å².